The zero-order valence-corrected chi connectivity index (χ0v) is 17.3. The molecular weight excluding hydrogens is 419 g/mol. The second-order valence-electron chi connectivity index (χ2n) is 7.55. The average molecular weight is 441 g/mol. The molecule has 0 spiro atoms. The average Bonchev–Trinajstić information content (AvgIpc) is 2.81. The molecule has 0 unspecified atom stereocenters. The number of pyridine rings is 1. The molecular formula is C24H22F3N3O2. The van der Waals surface area contributed by atoms with E-state index in [1.54, 1.807) is 35.4 Å². The van der Waals surface area contributed by atoms with Crippen LogP contribution >= 0.6 is 0 Å². The van der Waals surface area contributed by atoms with Crippen LogP contribution < -0.4 is 9.64 Å². The van der Waals surface area contributed by atoms with Gasteiger partial charge >= 0.3 is 12.3 Å². The molecule has 3 aromatic rings. The largest absolute Gasteiger partial charge is 0.416 e. The van der Waals surface area contributed by atoms with Gasteiger partial charge in [-0.05, 0) is 53.9 Å². The van der Waals surface area contributed by atoms with E-state index in [9.17, 15) is 18.0 Å². The van der Waals surface area contributed by atoms with Crippen molar-refractivity contribution >= 4 is 11.9 Å². The first-order chi connectivity index (χ1) is 15.4. The van der Waals surface area contributed by atoms with Crippen LogP contribution in [0.15, 0.2) is 72.9 Å². The summed E-state index contributed by atoms with van der Waals surface area (Å²) < 4.78 is 43.5. The first-order valence-electron chi connectivity index (χ1n) is 10.3. The summed E-state index contributed by atoms with van der Waals surface area (Å²) in [6.45, 7) is 2.44. The van der Waals surface area contributed by atoms with Gasteiger partial charge in [0.2, 0.25) is 0 Å². The molecule has 0 atom stereocenters. The standard InChI is InChI=1S/C24H22F3N3O2/c25-24(26,27)20-8-4-18(5-9-20)17-19-6-10-21(11-7-19)32-23(31)30-15-13-29(14-16-30)22-3-1-2-12-28-22/h1-12H,13-17H2. The maximum absolute atomic E-state index is 12.7. The molecule has 32 heavy (non-hydrogen) atoms. The third kappa shape index (κ3) is 5.38. The van der Waals surface area contributed by atoms with Gasteiger partial charge in [-0.15, -0.1) is 0 Å². The summed E-state index contributed by atoms with van der Waals surface area (Å²) in [6.07, 6.45) is -2.50. The van der Waals surface area contributed by atoms with Crippen LogP contribution in [0.25, 0.3) is 0 Å². The number of hydrogen-bond acceptors (Lipinski definition) is 4. The lowest BCUT2D eigenvalue weighted by Crippen LogP contribution is -2.49. The van der Waals surface area contributed by atoms with Gasteiger partial charge in [0.1, 0.15) is 11.6 Å². The fourth-order valence-corrected chi connectivity index (χ4v) is 3.55. The van der Waals surface area contributed by atoms with Crippen LogP contribution in [-0.4, -0.2) is 42.2 Å². The molecule has 1 aliphatic heterocycles. The molecule has 1 saturated heterocycles. The summed E-state index contributed by atoms with van der Waals surface area (Å²) in [5.74, 6) is 1.32. The minimum absolute atomic E-state index is 0.402. The van der Waals surface area contributed by atoms with Gasteiger partial charge in [0, 0.05) is 32.4 Å². The number of halogens is 3. The van der Waals surface area contributed by atoms with Gasteiger partial charge in [0.15, 0.2) is 0 Å². The maximum Gasteiger partial charge on any atom is 0.416 e. The van der Waals surface area contributed by atoms with Crippen molar-refractivity contribution in [1.82, 2.24) is 9.88 Å². The summed E-state index contributed by atoms with van der Waals surface area (Å²) >= 11 is 0. The second-order valence-corrected chi connectivity index (χ2v) is 7.55. The SMILES string of the molecule is O=C(Oc1ccc(Cc2ccc(C(F)(F)F)cc2)cc1)N1CCN(c2ccccn2)CC1. The Balaban J connectivity index is 1.28. The summed E-state index contributed by atoms with van der Waals surface area (Å²) in [7, 11) is 0. The van der Waals surface area contributed by atoms with Gasteiger partial charge in [-0.2, -0.15) is 13.2 Å². The Labute approximate surface area is 184 Å². The Morgan fingerprint density at radius 2 is 1.50 bits per heavy atom. The number of hydrogen-bond donors (Lipinski definition) is 0. The van der Waals surface area contributed by atoms with Crippen LogP contribution in [0.1, 0.15) is 16.7 Å². The third-order valence-corrected chi connectivity index (χ3v) is 5.33. The van der Waals surface area contributed by atoms with E-state index < -0.39 is 17.8 Å². The minimum Gasteiger partial charge on any atom is -0.410 e. The zero-order valence-electron chi connectivity index (χ0n) is 17.3. The first kappa shape index (κ1) is 21.7. The number of nitrogens with zero attached hydrogens (tertiary/aromatic N) is 3. The van der Waals surface area contributed by atoms with E-state index in [4.69, 9.17) is 4.74 Å². The van der Waals surface area contributed by atoms with E-state index >= 15 is 0 Å². The molecule has 0 saturated carbocycles. The monoisotopic (exact) mass is 441 g/mol. The molecule has 5 nitrogen and oxygen atoms in total. The molecule has 0 radical (unpaired) electrons. The van der Waals surface area contributed by atoms with Gasteiger partial charge in [-0.25, -0.2) is 9.78 Å². The highest BCUT2D eigenvalue weighted by atomic mass is 19.4. The molecule has 166 valence electrons. The molecule has 0 N–H and O–H groups in total. The van der Waals surface area contributed by atoms with E-state index in [1.165, 1.54) is 12.1 Å². The summed E-state index contributed by atoms with van der Waals surface area (Å²) in [5.41, 5.74) is 1.02. The number of rotatable bonds is 4. The van der Waals surface area contributed by atoms with E-state index in [0.29, 0.717) is 38.3 Å². The number of anilines is 1. The summed E-state index contributed by atoms with van der Waals surface area (Å²) in [4.78, 5) is 20.6. The quantitative estimate of drug-likeness (QED) is 0.571. The van der Waals surface area contributed by atoms with E-state index in [0.717, 1.165) is 29.1 Å². The molecule has 2 heterocycles. The van der Waals surface area contributed by atoms with E-state index in [-0.39, 0.29) is 0 Å². The molecule has 2 aromatic carbocycles. The molecule has 0 bridgehead atoms. The Kier molecular flexibility index (Phi) is 6.30. The van der Waals surface area contributed by atoms with Gasteiger partial charge in [0.05, 0.1) is 5.56 Å². The van der Waals surface area contributed by atoms with Crippen molar-refractivity contribution in [2.24, 2.45) is 0 Å². The number of carbonyl (C=O) groups is 1. The van der Waals surface area contributed by atoms with E-state index in [1.807, 2.05) is 18.2 Å². The topological polar surface area (TPSA) is 45.7 Å². The van der Waals surface area contributed by atoms with Crippen LogP contribution in [-0.2, 0) is 12.6 Å². The highest BCUT2D eigenvalue weighted by Gasteiger charge is 2.30. The Hall–Kier alpha value is -3.55. The predicted octanol–water partition coefficient (Wildman–Crippen LogP) is 5.01. The first-order valence-corrected chi connectivity index (χ1v) is 10.3. The molecule has 1 aromatic heterocycles. The molecule has 4 rings (SSSR count). The van der Waals surface area contributed by atoms with Crippen LogP contribution in [0.3, 0.4) is 0 Å². The molecule has 1 aliphatic rings. The van der Waals surface area contributed by atoms with Crippen molar-refractivity contribution in [3.63, 3.8) is 0 Å². The number of piperazine rings is 1. The lowest BCUT2D eigenvalue weighted by Gasteiger charge is -2.34. The normalized spacial score (nSPS) is 14.3. The van der Waals surface area contributed by atoms with Crippen molar-refractivity contribution in [3.05, 3.63) is 89.6 Å². The number of amides is 1. The lowest BCUT2D eigenvalue weighted by molar-refractivity contribution is -0.137. The number of benzene rings is 2. The van der Waals surface area contributed by atoms with Gasteiger partial charge in [0.25, 0.3) is 0 Å². The Morgan fingerprint density at radius 1 is 0.875 bits per heavy atom. The molecule has 1 amide bonds. The van der Waals surface area contributed by atoms with E-state index in [2.05, 4.69) is 9.88 Å². The van der Waals surface area contributed by atoms with Crippen LogP contribution in [0.2, 0.25) is 0 Å². The maximum atomic E-state index is 12.7. The second kappa shape index (κ2) is 9.30. The summed E-state index contributed by atoms with van der Waals surface area (Å²) in [6, 6.07) is 17.9. The van der Waals surface area contributed by atoms with Crippen molar-refractivity contribution in [2.75, 3.05) is 31.1 Å². The number of carbonyl (C=O) groups excluding carboxylic acids is 1. The fourth-order valence-electron chi connectivity index (χ4n) is 3.55. The highest BCUT2D eigenvalue weighted by molar-refractivity contribution is 5.71. The highest BCUT2D eigenvalue weighted by Crippen LogP contribution is 2.29. The van der Waals surface area contributed by atoms with Crippen molar-refractivity contribution in [2.45, 2.75) is 12.6 Å². The number of ether oxygens (including phenoxy) is 1. The minimum atomic E-state index is -4.34. The summed E-state index contributed by atoms with van der Waals surface area (Å²) in [5, 5.41) is 0. The number of aromatic nitrogens is 1. The molecule has 1 fully saturated rings. The van der Waals surface area contributed by atoms with Gasteiger partial charge in [-0.3, -0.25) is 0 Å². The Bertz CT molecular complexity index is 1030. The van der Waals surface area contributed by atoms with Crippen LogP contribution in [0.4, 0.5) is 23.8 Å². The van der Waals surface area contributed by atoms with Crippen molar-refractivity contribution < 1.29 is 22.7 Å². The zero-order chi connectivity index (χ0) is 22.6. The molecule has 8 heteroatoms. The van der Waals surface area contributed by atoms with Gasteiger partial charge in [-0.1, -0.05) is 30.3 Å². The van der Waals surface area contributed by atoms with Crippen molar-refractivity contribution in [1.29, 1.82) is 0 Å². The predicted molar refractivity (Wildman–Crippen MR) is 115 cm³/mol. The number of alkyl halides is 3. The smallest absolute Gasteiger partial charge is 0.410 e. The third-order valence-electron chi connectivity index (χ3n) is 5.33. The Morgan fingerprint density at radius 3 is 2.06 bits per heavy atom. The molecule has 0 aliphatic carbocycles. The van der Waals surface area contributed by atoms with Crippen LogP contribution in [0, 0.1) is 0 Å². The lowest BCUT2D eigenvalue weighted by atomic mass is 10.0. The van der Waals surface area contributed by atoms with Crippen molar-refractivity contribution in [3.8, 4) is 5.75 Å². The van der Waals surface area contributed by atoms with Crippen LogP contribution in [0.5, 0.6) is 5.75 Å². The van der Waals surface area contributed by atoms with Gasteiger partial charge < -0.3 is 14.5 Å². The fraction of sp³-hybridized carbons (Fsp3) is 0.250.